The van der Waals surface area contributed by atoms with Crippen LogP contribution in [0.15, 0.2) is 36.5 Å². The Morgan fingerprint density at radius 3 is 2.72 bits per heavy atom. The Kier molecular flexibility index (Phi) is 3.32. The number of benzene rings is 1. The molecule has 0 radical (unpaired) electrons. The molecule has 0 aliphatic rings. The molecular weight excluding hydrogens is 226 g/mol. The van der Waals surface area contributed by atoms with Gasteiger partial charge in [0, 0.05) is 11.6 Å². The molecule has 3 heteroatoms. The quantitative estimate of drug-likeness (QED) is 0.778. The predicted octanol–water partition coefficient (Wildman–Crippen LogP) is 3.08. The third-order valence-electron chi connectivity index (χ3n) is 3.09. The lowest BCUT2D eigenvalue weighted by Crippen LogP contribution is -2.31. The molecule has 0 saturated carbocycles. The first-order chi connectivity index (χ1) is 8.57. The van der Waals surface area contributed by atoms with Crippen molar-refractivity contribution in [2.45, 2.75) is 26.2 Å². The van der Waals surface area contributed by atoms with Crippen molar-refractivity contribution in [2.24, 2.45) is 0 Å². The lowest BCUT2D eigenvalue weighted by molar-refractivity contribution is -0.148. The van der Waals surface area contributed by atoms with E-state index in [1.54, 1.807) is 6.20 Å². The van der Waals surface area contributed by atoms with Gasteiger partial charge in [0.05, 0.1) is 17.5 Å². The third kappa shape index (κ3) is 2.08. The van der Waals surface area contributed by atoms with Crippen LogP contribution in [0, 0.1) is 0 Å². The van der Waals surface area contributed by atoms with E-state index in [0.717, 1.165) is 16.5 Å². The van der Waals surface area contributed by atoms with Crippen molar-refractivity contribution in [2.75, 3.05) is 6.61 Å². The number of fused-ring (bicyclic) bond motifs is 1. The van der Waals surface area contributed by atoms with E-state index < -0.39 is 5.41 Å². The Morgan fingerprint density at radius 2 is 2.00 bits per heavy atom. The minimum atomic E-state index is -0.691. The highest BCUT2D eigenvalue weighted by Crippen LogP contribution is 2.30. The number of aromatic nitrogens is 1. The molecule has 0 fully saturated rings. The van der Waals surface area contributed by atoms with Gasteiger partial charge in [0.1, 0.15) is 0 Å². The summed E-state index contributed by atoms with van der Waals surface area (Å²) in [4.78, 5) is 16.4. The van der Waals surface area contributed by atoms with E-state index in [1.807, 2.05) is 51.1 Å². The lowest BCUT2D eigenvalue weighted by Gasteiger charge is -2.23. The zero-order valence-electron chi connectivity index (χ0n) is 10.9. The van der Waals surface area contributed by atoms with Gasteiger partial charge in [-0.25, -0.2) is 0 Å². The van der Waals surface area contributed by atoms with E-state index >= 15 is 0 Å². The normalized spacial score (nSPS) is 11.5. The minimum Gasteiger partial charge on any atom is -0.465 e. The molecule has 0 saturated heterocycles. The molecule has 18 heavy (non-hydrogen) atoms. The van der Waals surface area contributed by atoms with Gasteiger partial charge in [-0.2, -0.15) is 0 Å². The highest BCUT2D eigenvalue weighted by Gasteiger charge is 2.33. The van der Waals surface area contributed by atoms with Crippen molar-refractivity contribution in [3.63, 3.8) is 0 Å². The van der Waals surface area contributed by atoms with Crippen molar-refractivity contribution < 1.29 is 9.53 Å². The van der Waals surface area contributed by atoms with Gasteiger partial charge < -0.3 is 4.74 Å². The smallest absolute Gasteiger partial charge is 0.316 e. The molecule has 1 heterocycles. The van der Waals surface area contributed by atoms with E-state index in [2.05, 4.69) is 4.98 Å². The summed E-state index contributed by atoms with van der Waals surface area (Å²) in [6, 6.07) is 9.76. The maximum atomic E-state index is 12.1. The Labute approximate surface area is 107 Å². The second-order valence-corrected chi connectivity index (χ2v) is 4.73. The van der Waals surface area contributed by atoms with Crippen LogP contribution in [-0.4, -0.2) is 17.6 Å². The second-order valence-electron chi connectivity index (χ2n) is 4.73. The number of carbonyl (C=O) groups is 1. The summed E-state index contributed by atoms with van der Waals surface area (Å²) in [6.07, 6.45) is 1.74. The largest absolute Gasteiger partial charge is 0.465 e. The first-order valence-corrected chi connectivity index (χ1v) is 6.09. The first-order valence-electron chi connectivity index (χ1n) is 6.09. The highest BCUT2D eigenvalue weighted by molar-refractivity contribution is 5.90. The maximum Gasteiger partial charge on any atom is 0.316 e. The first kappa shape index (κ1) is 12.6. The topological polar surface area (TPSA) is 39.2 Å². The number of esters is 1. The summed E-state index contributed by atoms with van der Waals surface area (Å²) in [6.45, 7) is 5.94. The van der Waals surface area contributed by atoms with Gasteiger partial charge in [0.25, 0.3) is 0 Å². The Bertz CT molecular complexity index is 570. The molecule has 0 unspecified atom stereocenters. The van der Waals surface area contributed by atoms with Crippen LogP contribution in [0.5, 0.6) is 0 Å². The minimum absolute atomic E-state index is 0.219. The molecule has 0 aliphatic heterocycles. The number of rotatable bonds is 3. The van der Waals surface area contributed by atoms with E-state index in [9.17, 15) is 4.79 Å². The number of hydrogen-bond donors (Lipinski definition) is 0. The maximum absolute atomic E-state index is 12.1. The van der Waals surface area contributed by atoms with Crippen LogP contribution in [0.4, 0.5) is 0 Å². The van der Waals surface area contributed by atoms with Crippen LogP contribution in [0.2, 0.25) is 0 Å². The van der Waals surface area contributed by atoms with Gasteiger partial charge in [-0.15, -0.1) is 0 Å². The van der Waals surface area contributed by atoms with Gasteiger partial charge in [0.15, 0.2) is 0 Å². The number of para-hydroxylation sites is 1. The average molecular weight is 243 g/mol. The summed E-state index contributed by atoms with van der Waals surface area (Å²) in [5, 5.41) is 1.03. The van der Waals surface area contributed by atoms with E-state index in [1.165, 1.54) is 0 Å². The fraction of sp³-hybridized carbons (Fsp3) is 0.333. The van der Waals surface area contributed by atoms with Gasteiger partial charge in [-0.3, -0.25) is 9.78 Å². The van der Waals surface area contributed by atoms with E-state index in [4.69, 9.17) is 4.74 Å². The number of nitrogens with zero attached hydrogens (tertiary/aromatic N) is 1. The zero-order chi connectivity index (χ0) is 13.2. The Morgan fingerprint density at radius 1 is 1.28 bits per heavy atom. The summed E-state index contributed by atoms with van der Waals surface area (Å²) in [5.41, 5.74) is 1.07. The van der Waals surface area contributed by atoms with Gasteiger partial charge in [-0.1, -0.05) is 24.3 Å². The number of pyridine rings is 1. The molecule has 0 amide bonds. The molecule has 1 aromatic heterocycles. The van der Waals surface area contributed by atoms with E-state index in [-0.39, 0.29) is 5.97 Å². The standard InChI is InChI=1S/C15H17NO2/c1-4-18-14(17)15(2,3)12-9-5-7-11-8-6-10-16-13(11)12/h5-10H,4H2,1-3H3. The number of ether oxygens (including phenoxy) is 1. The van der Waals surface area contributed by atoms with Crippen molar-refractivity contribution in [1.82, 2.24) is 4.98 Å². The van der Waals surface area contributed by atoms with Crippen LogP contribution in [-0.2, 0) is 14.9 Å². The molecule has 2 aromatic rings. The zero-order valence-corrected chi connectivity index (χ0v) is 10.9. The molecule has 94 valence electrons. The van der Waals surface area contributed by atoms with Crippen LogP contribution in [0.25, 0.3) is 10.9 Å². The number of carbonyl (C=O) groups excluding carboxylic acids is 1. The molecule has 3 nitrogen and oxygen atoms in total. The van der Waals surface area contributed by atoms with Crippen molar-refractivity contribution in [3.05, 3.63) is 42.1 Å². The van der Waals surface area contributed by atoms with Crippen LogP contribution in [0.1, 0.15) is 26.3 Å². The van der Waals surface area contributed by atoms with Crippen molar-refractivity contribution in [3.8, 4) is 0 Å². The predicted molar refractivity (Wildman–Crippen MR) is 71.4 cm³/mol. The van der Waals surface area contributed by atoms with Crippen LogP contribution < -0.4 is 0 Å². The molecule has 0 aliphatic carbocycles. The lowest BCUT2D eigenvalue weighted by atomic mass is 9.83. The summed E-state index contributed by atoms with van der Waals surface area (Å²) in [5.74, 6) is -0.219. The molecule has 0 bridgehead atoms. The Hall–Kier alpha value is -1.90. The van der Waals surface area contributed by atoms with Crippen molar-refractivity contribution >= 4 is 16.9 Å². The van der Waals surface area contributed by atoms with E-state index in [0.29, 0.717) is 6.61 Å². The summed E-state index contributed by atoms with van der Waals surface area (Å²) < 4.78 is 5.14. The fourth-order valence-corrected chi connectivity index (χ4v) is 2.03. The van der Waals surface area contributed by atoms with Crippen LogP contribution in [0.3, 0.4) is 0 Å². The highest BCUT2D eigenvalue weighted by atomic mass is 16.5. The monoisotopic (exact) mass is 243 g/mol. The van der Waals surface area contributed by atoms with Gasteiger partial charge in [-0.05, 0) is 32.4 Å². The van der Waals surface area contributed by atoms with Crippen molar-refractivity contribution in [1.29, 1.82) is 0 Å². The Balaban J connectivity index is 2.56. The van der Waals surface area contributed by atoms with Gasteiger partial charge in [0.2, 0.25) is 0 Å². The molecule has 1 aromatic carbocycles. The van der Waals surface area contributed by atoms with Crippen LogP contribution >= 0.6 is 0 Å². The molecule has 0 atom stereocenters. The summed E-state index contributed by atoms with van der Waals surface area (Å²) >= 11 is 0. The molecular formula is C15H17NO2. The fourth-order valence-electron chi connectivity index (χ4n) is 2.03. The average Bonchev–Trinajstić information content (AvgIpc) is 2.38. The third-order valence-corrected chi connectivity index (χ3v) is 3.09. The molecule has 0 N–H and O–H groups in total. The SMILES string of the molecule is CCOC(=O)C(C)(C)c1cccc2cccnc12. The second kappa shape index (κ2) is 4.77. The molecule has 0 spiro atoms. The molecule has 2 rings (SSSR count). The van der Waals surface area contributed by atoms with Gasteiger partial charge >= 0.3 is 5.97 Å². The number of hydrogen-bond acceptors (Lipinski definition) is 3. The summed E-state index contributed by atoms with van der Waals surface area (Å²) in [7, 11) is 0.